The minimum absolute atomic E-state index is 0. The van der Waals surface area contributed by atoms with Crippen LogP contribution >= 0.6 is 12.4 Å². The largest absolute Gasteiger partial charge is 0.379 e. The van der Waals surface area contributed by atoms with Crippen molar-refractivity contribution >= 4 is 28.3 Å². The van der Waals surface area contributed by atoms with Crippen LogP contribution in [-0.2, 0) is 14.8 Å². The van der Waals surface area contributed by atoms with Gasteiger partial charge >= 0.3 is 0 Å². The summed E-state index contributed by atoms with van der Waals surface area (Å²) < 4.78 is 32.5. The highest BCUT2D eigenvalue weighted by Gasteiger charge is 2.29. The van der Waals surface area contributed by atoms with E-state index in [0.29, 0.717) is 38.4 Å². The maximum absolute atomic E-state index is 13.2. The summed E-state index contributed by atoms with van der Waals surface area (Å²) in [6.07, 6.45) is 2.73. The van der Waals surface area contributed by atoms with Gasteiger partial charge in [-0.1, -0.05) is 13.0 Å². The molecule has 2 aliphatic heterocycles. The number of nitrogens with one attached hydrogen (secondary N) is 1. The molecule has 1 aromatic carbocycles. The number of sulfonamides is 1. The molecule has 28 heavy (non-hydrogen) atoms. The second-order valence-electron chi connectivity index (χ2n) is 7.02. The summed E-state index contributed by atoms with van der Waals surface area (Å²) in [5.41, 5.74) is 0.441. The zero-order valence-electron chi connectivity index (χ0n) is 16.3. The van der Waals surface area contributed by atoms with E-state index in [1.807, 2.05) is 4.90 Å². The Balaban J connectivity index is 0.00000280. The van der Waals surface area contributed by atoms with E-state index < -0.39 is 10.0 Å². The first-order valence-electron chi connectivity index (χ1n) is 9.73. The lowest BCUT2D eigenvalue weighted by molar-refractivity contribution is 0.0642. The first-order chi connectivity index (χ1) is 13.0. The van der Waals surface area contributed by atoms with Crippen LogP contribution in [-0.4, -0.2) is 75.5 Å². The van der Waals surface area contributed by atoms with Crippen molar-refractivity contribution in [3.05, 3.63) is 29.8 Å². The van der Waals surface area contributed by atoms with E-state index in [0.717, 1.165) is 32.4 Å². The van der Waals surface area contributed by atoms with Crippen LogP contribution in [0.1, 0.15) is 36.5 Å². The Morgan fingerprint density at radius 3 is 2.57 bits per heavy atom. The number of piperidine rings is 1. The normalized spacial score (nSPS) is 19.0. The van der Waals surface area contributed by atoms with Gasteiger partial charge in [0.2, 0.25) is 10.0 Å². The van der Waals surface area contributed by atoms with E-state index in [4.69, 9.17) is 4.74 Å². The molecule has 9 heteroatoms. The third-order valence-electron chi connectivity index (χ3n) is 5.16. The molecule has 0 radical (unpaired) electrons. The van der Waals surface area contributed by atoms with Gasteiger partial charge < -0.3 is 15.0 Å². The van der Waals surface area contributed by atoms with Crippen molar-refractivity contribution in [2.75, 3.05) is 45.9 Å². The van der Waals surface area contributed by atoms with Gasteiger partial charge in [0.25, 0.3) is 5.91 Å². The predicted octanol–water partition coefficient (Wildman–Crippen LogP) is 1.73. The average molecular weight is 432 g/mol. The standard InChI is InChI=1S/C19H29N3O4S.ClH/c1-2-10-22(17-6-8-20-9-7-17)19(23)16-4-3-5-18(15-16)27(24,25)21-11-13-26-14-12-21;/h3-5,15,17,20H,2,6-14H2,1H3;1H. The van der Waals surface area contributed by atoms with Gasteiger partial charge in [-0.05, 0) is 50.6 Å². The van der Waals surface area contributed by atoms with Crippen molar-refractivity contribution in [1.82, 2.24) is 14.5 Å². The third kappa shape index (κ3) is 5.24. The summed E-state index contributed by atoms with van der Waals surface area (Å²) in [6.45, 7) is 6.04. The fraction of sp³-hybridized carbons (Fsp3) is 0.632. The van der Waals surface area contributed by atoms with Gasteiger partial charge in [-0.3, -0.25) is 4.79 Å². The molecule has 2 fully saturated rings. The SMILES string of the molecule is CCCN(C(=O)c1cccc(S(=O)(=O)N2CCOCC2)c1)C1CCNCC1.Cl. The molecule has 0 saturated carbocycles. The molecule has 7 nitrogen and oxygen atoms in total. The van der Waals surface area contributed by atoms with E-state index in [1.54, 1.807) is 18.2 Å². The summed E-state index contributed by atoms with van der Waals surface area (Å²) in [7, 11) is -3.61. The molecule has 0 atom stereocenters. The zero-order chi connectivity index (χ0) is 19.3. The maximum atomic E-state index is 13.2. The smallest absolute Gasteiger partial charge is 0.254 e. The van der Waals surface area contributed by atoms with Gasteiger partial charge in [-0.2, -0.15) is 4.31 Å². The van der Waals surface area contributed by atoms with Crippen LogP contribution in [0.25, 0.3) is 0 Å². The van der Waals surface area contributed by atoms with E-state index >= 15 is 0 Å². The van der Waals surface area contributed by atoms with Gasteiger partial charge in [0, 0.05) is 31.2 Å². The van der Waals surface area contributed by atoms with Gasteiger partial charge in [0.1, 0.15) is 0 Å². The highest BCUT2D eigenvalue weighted by atomic mass is 35.5. The van der Waals surface area contributed by atoms with Crippen molar-refractivity contribution in [1.29, 1.82) is 0 Å². The van der Waals surface area contributed by atoms with E-state index in [9.17, 15) is 13.2 Å². The third-order valence-corrected chi connectivity index (χ3v) is 7.06. The maximum Gasteiger partial charge on any atom is 0.254 e. The molecule has 2 heterocycles. The minimum atomic E-state index is -3.61. The molecule has 0 spiro atoms. The lowest BCUT2D eigenvalue weighted by Gasteiger charge is -2.34. The number of carbonyl (C=O) groups excluding carboxylic acids is 1. The molecule has 2 aliphatic rings. The first-order valence-corrected chi connectivity index (χ1v) is 11.2. The Kier molecular flexibility index (Phi) is 8.70. The molecule has 2 saturated heterocycles. The van der Waals surface area contributed by atoms with Crippen molar-refractivity contribution in [2.24, 2.45) is 0 Å². The second kappa shape index (κ2) is 10.5. The van der Waals surface area contributed by atoms with E-state index in [2.05, 4.69) is 12.2 Å². The van der Waals surface area contributed by atoms with Gasteiger partial charge in [0.15, 0.2) is 0 Å². The highest BCUT2D eigenvalue weighted by molar-refractivity contribution is 7.89. The van der Waals surface area contributed by atoms with E-state index in [-0.39, 0.29) is 29.3 Å². The molecule has 0 aromatic heterocycles. The summed E-state index contributed by atoms with van der Waals surface area (Å²) in [6, 6.07) is 6.67. The number of benzene rings is 1. The van der Waals surface area contributed by atoms with E-state index in [1.165, 1.54) is 10.4 Å². The number of carbonyl (C=O) groups is 1. The number of ether oxygens (including phenoxy) is 1. The monoisotopic (exact) mass is 431 g/mol. The van der Waals surface area contributed by atoms with Crippen molar-refractivity contribution < 1.29 is 17.9 Å². The Bertz CT molecular complexity index is 747. The molecular weight excluding hydrogens is 402 g/mol. The number of halogens is 1. The summed E-state index contributed by atoms with van der Waals surface area (Å²) in [4.78, 5) is 15.3. The molecule has 3 rings (SSSR count). The number of morpholine rings is 1. The highest BCUT2D eigenvalue weighted by Crippen LogP contribution is 2.21. The van der Waals surface area contributed by atoms with Crippen molar-refractivity contribution in [3.8, 4) is 0 Å². The Morgan fingerprint density at radius 2 is 1.93 bits per heavy atom. The minimum Gasteiger partial charge on any atom is -0.379 e. The van der Waals surface area contributed by atoms with Crippen LogP contribution in [0.3, 0.4) is 0 Å². The number of hydrogen-bond donors (Lipinski definition) is 1. The Hall–Kier alpha value is -1.19. The Labute approximate surface area is 173 Å². The van der Waals surface area contributed by atoms with Crippen LogP contribution in [0, 0.1) is 0 Å². The quantitative estimate of drug-likeness (QED) is 0.742. The molecular formula is C19H30ClN3O4S. The number of nitrogens with zero attached hydrogens (tertiary/aromatic N) is 2. The molecule has 158 valence electrons. The predicted molar refractivity (Wildman–Crippen MR) is 110 cm³/mol. The van der Waals surface area contributed by atoms with Gasteiger partial charge in [-0.15, -0.1) is 12.4 Å². The number of rotatable bonds is 6. The van der Waals surface area contributed by atoms with Crippen LogP contribution in [0.4, 0.5) is 0 Å². The van der Waals surface area contributed by atoms with Crippen molar-refractivity contribution in [2.45, 2.75) is 37.1 Å². The molecule has 0 unspecified atom stereocenters. The van der Waals surface area contributed by atoms with Crippen LogP contribution in [0.5, 0.6) is 0 Å². The number of amides is 1. The summed E-state index contributed by atoms with van der Waals surface area (Å²) in [5, 5.41) is 3.32. The fourth-order valence-electron chi connectivity index (χ4n) is 3.70. The molecule has 1 amide bonds. The topological polar surface area (TPSA) is 79.0 Å². The second-order valence-corrected chi connectivity index (χ2v) is 8.96. The van der Waals surface area contributed by atoms with Crippen LogP contribution in [0.15, 0.2) is 29.2 Å². The molecule has 0 aliphatic carbocycles. The Morgan fingerprint density at radius 1 is 1.25 bits per heavy atom. The lowest BCUT2D eigenvalue weighted by atomic mass is 10.0. The zero-order valence-corrected chi connectivity index (χ0v) is 17.9. The van der Waals surface area contributed by atoms with Crippen molar-refractivity contribution in [3.63, 3.8) is 0 Å². The van der Waals surface area contributed by atoms with Crippen LogP contribution in [0.2, 0.25) is 0 Å². The molecule has 0 bridgehead atoms. The fourth-order valence-corrected chi connectivity index (χ4v) is 5.16. The first kappa shape index (κ1) is 23.1. The van der Waals surface area contributed by atoms with Gasteiger partial charge in [0.05, 0.1) is 18.1 Å². The number of hydrogen-bond acceptors (Lipinski definition) is 5. The van der Waals surface area contributed by atoms with Gasteiger partial charge in [-0.25, -0.2) is 8.42 Å². The average Bonchev–Trinajstić information content (AvgIpc) is 2.73. The molecule has 1 aromatic rings. The van der Waals surface area contributed by atoms with Crippen LogP contribution < -0.4 is 5.32 Å². The summed E-state index contributed by atoms with van der Waals surface area (Å²) >= 11 is 0. The lowest BCUT2D eigenvalue weighted by Crippen LogP contribution is -2.46. The molecule has 1 N–H and O–H groups in total. The summed E-state index contributed by atoms with van der Waals surface area (Å²) in [5.74, 6) is -0.0808.